The quantitative estimate of drug-likeness (QED) is 0.648. The zero-order chi connectivity index (χ0) is 19.7. The third-order valence-electron chi connectivity index (χ3n) is 4.68. The van der Waals surface area contributed by atoms with Crippen molar-refractivity contribution < 1.29 is 17.3 Å². The van der Waals surface area contributed by atoms with Crippen LogP contribution in [0.25, 0.3) is 11.7 Å². The van der Waals surface area contributed by atoms with Crippen LogP contribution in [0.4, 0.5) is 5.69 Å². The highest BCUT2D eigenvalue weighted by molar-refractivity contribution is 7.89. The fourth-order valence-corrected chi connectivity index (χ4v) is 4.43. The van der Waals surface area contributed by atoms with E-state index in [1.165, 1.54) is 10.4 Å². The summed E-state index contributed by atoms with van der Waals surface area (Å²) in [5.74, 6) is 0.994. The van der Waals surface area contributed by atoms with Gasteiger partial charge in [0.05, 0.1) is 0 Å². The highest BCUT2D eigenvalue weighted by atomic mass is 32.2. The lowest BCUT2D eigenvalue weighted by molar-refractivity contribution is 0.361. The molecule has 1 aliphatic rings. The molecule has 0 spiro atoms. The molecule has 9 heteroatoms. The van der Waals surface area contributed by atoms with Gasteiger partial charge in [0.15, 0.2) is 5.76 Å². The molecule has 1 fully saturated rings. The van der Waals surface area contributed by atoms with E-state index in [2.05, 4.69) is 15.1 Å². The molecule has 1 saturated heterocycles. The number of sulfonamides is 1. The molecule has 3 aromatic rings. The van der Waals surface area contributed by atoms with Gasteiger partial charge < -0.3 is 13.7 Å². The van der Waals surface area contributed by atoms with Crippen LogP contribution in [0.5, 0.6) is 0 Å². The number of benzene rings is 1. The SMILES string of the molecule is CC(C)c1nnc(-c2ccc(S(=O)(=O)N3CCN(c4ccccc4)CC3)o2)o1. The van der Waals surface area contributed by atoms with Crippen molar-refractivity contribution in [1.29, 1.82) is 0 Å². The Hall–Kier alpha value is -2.65. The standard InChI is InChI=1S/C19H22N4O4S/c1-14(2)18-20-21-19(27-18)16-8-9-17(26-16)28(24,25)23-12-10-22(11-13-23)15-6-4-3-5-7-15/h3-9,14H,10-13H2,1-2H3. The van der Waals surface area contributed by atoms with Gasteiger partial charge in [-0.05, 0) is 24.3 Å². The van der Waals surface area contributed by atoms with Crippen molar-refractivity contribution in [3.05, 3.63) is 48.4 Å². The third kappa shape index (κ3) is 3.55. The molecule has 0 amide bonds. The molecule has 1 aromatic carbocycles. The lowest BCUT2D eigenvalue weighted by atomic mass is 10.2. The van der Waals surface area contributed by atoms with E-state index < -0.39 is 10.0 Å². The average molecular weight is 402 g/mol. The first kappa shape index (κ1) is 18.7. The number of hydrogen-bond donors (Lipinski definition) is 0. The van der Waals surface area contributed by atoms with Gasteiger partial charge in [-0.3, -0.25) is 0 Å². The van der Waals surface area contributed by atoms with Crippen LogP contribution in [0.2, 0.25) is 0 Å². The smallest absolute Gasteiger partial charge is 0.283 e. The van der Waals surface area contributed by atoms with Gasteiger partial charge in [0.2, 0.25) is 11.0 Å². The largest absolute Gasteiger partial charge is 0.438 e. The molecule has 3 heterocycles. The van der Waals surface area contributed by atoms with Crippen LogP contribution in [0.15, 0.2) is 56.4 Å². The molecule has 0 unspecified atom stereocenters. The van der Waals surface area contributed by atoms with E-state index >= 15 is 0 Å². The molecule has 2 aromatic heterocycles. The fraction of sp³-hybridized carbons (Fsp3) is 0.368. The normalized spacial score (nSPS) is 16.0. The van der Waals surface area contributed by atoms with Gasteiger partial charge in [0.25, 0.3) is 15.9 Å². The predicted octanol–water partition coefficient (Wildman–Crippen LogP) is 2.96. The maximum absolute atomic E-state index is 12.9. The first-order valence-electron chi connectivity index (χ1n) is 9.19. The summed E-state index contributed by atoms with van der Waals surface area (Å²) in [7, 11) is -3.71. The summed E-state index contributed by atoms with van der Waals surface area (Å²) >= 11 is 0. The van der Waals surface area contributed by atoms with Crippen LogP contribution in [0.1, 0.15) is 25.7 Å². The Kier molecular flexibility index (Phi) is 4.94. The maximum Gasteiger partial charge on any atom is 0.283 e. The second kappa shape index (κ2) is 7.40. The summed E-state index contributed by atoms with van der Waals surface area (Å²) < 4.78 is 38.4. The van der Waals surface area contributed by atoms with E-state index in [1.54, 1.807) is 6.07 Å². The van der Waals surface area contributed by atoms with E-state index in [9.17, 15) is 8.42 Å². The van der Waals surface area contributed by atoms with Crippen molar-refractivity contribution in [2.75, 3.05) is 31.1 Å². The number of aromatic nitrogens is 2. The third-order valence-corrected chi connectivity index (χ3v) is 6.45. The molecule has 0 saturated carbocycles. The summed E-state index contributed by atoms with van der Waals surface area (Å²) in [6.45, 7) is 5.90. The maximum atomic E-state index is 12.9. The van der Waals surface area contributed by atoms with Gasteiger partial charge in [-0.15, -0.1) is 10.2 Å². The minimum Gasteiger partial charge on any atom is -0.438 e. The lowest BCUT2D eigenvalue weighted by Gasteiger charge is -2.34. The van der Waals surface area contributed by atoms with Crippen LogP contribution in [-0.2, 0) is 10.0 Å². The summed E-state index contributed by atoms with van der Waals surface area (Å²) in [4.78, 5) is 2.17. The van der Waals surface area contributed by atoms with Crippen LogP contribution >= 0.6 is 0 Å². The van der Waals surface area contributed by atoms with E-state index in [1.807, 2.05) is 44.2 Å². The molecule has 0 bridgehead atoms. The van der Waals surface area contributed by atoms with Crippen molar-refractivity contribution in [2.24, 2.45) is 0 Å². The molecular weight excluding hydrogens is 380 g/mol. The summed E-state index contributed by atoms with van der Waals surface area (Å²) in [5, 5.41) is 7.77. The Balaban J connectivity index is 1.48. The van der Waals surface area contributed by atoms with E-state index in [0.717, 1.165) is 5.69 Å². The van der Waals surface area contributed by atoms with Crippen molar-refractivity contribution in [3.63, 3.8) is 0 Å². The van der Waals surface area contributed by atoms with Gasteiger partial charge >= 0.3 is 0 Å². The topological polar surface area (TPSA) is 92.7 Å². The Bertz CT molecular complexity index is 1030. The molecule has 4 rings (SSSR count). The fourth-order valence-electron chi connectivity index (χ4n) is 3.09. The zero-order valence-electron chi connectivity index (χ0n) is 15.8. The summed E-state index contributed by atoms with van der Waals surface area (Å²) in [6, 6.07) is 13.0. The Morgan fingerprint density at radius 3 is 2.29 bits per heavy atom. The number of rotatable bonds is 5. The highest BCUT2D eigenvalue weighted by Crippen LogP contribution is 2.28. The number of piperazine rings is 1. The molecule has 0 N–H and O–H groups in total. The molecule has 1 aliphatic heterocycles. The molecular formula is C19H22N4O4S. The van der Waals surface area contributed by atoms with Gasteiger partial charge in [0.1, 0.15) is 0 Å². The zero-order valence-corrected chi connectivity index (χ0v) is 16.6. The van der Waals surface area contributed by atoms with Crippen LogP contribution < -0.4 is 4.90 Å². The van der Waals surface area contributed by atoms with Crippen LogP contribution in [-0.4, -0.2) is 49.1 Å². The molecule has 8 nitrogen and oxygen atoms in total. The van der Waals surface area contributed by atoms with Gasteiger partial charge in [-0.2, -0.15) is 4.31 Å². The second-order valence-electron chi connectivity index (χ2n) is 6.95. The van der Waals surface area contributed by atoms with Gasteiger partial charge in [-0.25, -0.2) is 8.42 Å². The minimum atomic E-state index is -3.71. The molecule has 0 atom stereocenters. The predicted molar refractivity (Wildman–Crippen MR) is 104 cm³/mol. The number of hydrogen-bond acceptors (Lipinski definition) is 7. The Labute approximate surface area is 163 Å². The second-order valence-corrected chi connectivity index (χ2v) is 8.81. The monoisotopic (exact) mass is 402 g/mol. The Morgan fingerprint density at radius 2 is 1.64 bits per heavy atom. The number of furan rings is 1. The van der Waals surface area contributed by atoms with Crippen LogP contribution in [0, 0.1) is 0 Å². The minimum absolute atomic E-state index is 0.0836. The average Bonchev–Trinajstić information content (AvgIpc) is 3.39. The molecule has 28 heavy (non-hydrogen) atoms. The summed E-state index contributed by atoms with van der Waals surface area (Å²) in [5.41, 5.74) is 1.09. The first-order chi connectivity index (χ1) is 13.4. The lowest BCUT2D eigenvalue weighted by Crippen LogP contribution is -2.48. The summed E-state index contributed by atoms with van der Waals surface area (Å²) in [6.07, 6.45) is 0. The molecule has 0 aliphatic carbocycles. The van der Waals surface area contributed by atoms with Gasteiger partial charge in [-0.1, -0.05) is 32.0 Å². The van der Waals surface area contributed by atoms with Crippen molar-refractivity contribution in [2.45, 2.75) is 24.9 Å². The molecule has 0 radical (unpaired) electrons. The van der Waals surface area contributed by atoms with E-state index in [4.69, 9.17) is 8.83 Å². The molecule has 148 valence electrons. The van der Waals surface area contributed by atoms with Crippen molar-refractivity contribution >= 4 is 15.7 Å². The van der Waals surface area contributed by atoms with Crippen LogP contribution in [0.3, 0.4) is 0 Å². The number of para-hydroxylation sites is 1. The first-order valence-corrected chi connectivity index (χ1v) is 10.6. The highest BCUT2D eigenvalue weighted by Gasteiger charge is 2.31. The number of anilines is 1. The van der Waals surface area contributed by atoms with Crippen molar-refractivity contribution in [3.8, 4) is 11.7 Å². The Morgan fingerprint density at radius 1 is 0.929 bits per heavy atom. The number of nitrogens with zero attached hydrogens (tertiary/aromatic N) is 4. The van der Waals surface area contributed by atoms with E-state index in [0.29, 0.717) is 32.1 Å². The van der Waals surface area contributed by atoms with E-state index in [-0.39, 0.29) is 22.7 Å². The van der Waals surface area contributed by atoms with Gasteiger partial charge in [0, 0.05) is 37.8 Å². The van der Waals surface area contributed by atoms with Crippen molar-refractivity contribution in [1.82, 2.24) is 14.5 Å².